The van der Waals surface area contributed by atoms with Gasteiger partial charge in [0.15, 0.2) is 5.11 Å². The first kappa shape index (κ1) is 28.3. The van der Waals surface area contributed by atoms with Gasteiger partial charge in [-0.25, -0.2) is 9.18 Å². The highest BCUT2D eigenvalue weighted by Crippen LogP contribution is 2.34. The van der Waals surface area contributed by atoms with Crippen molar-refractivity contribution in [2.75, 3.05) is 10.2 Å². The predicted molar refractivity (Wildman–Crippen MR) is 135 cm³/mol. The van der Waals surface area contributed by atoms with E-state index in [-0.39, 0.29) is 16.5 Å². The first-order chi connectivity index (χ1) is 17.3. The molecule has 3 rings (SSSR count). The third kappa shape index (κ3) is 6.76. The van der Waals surface area contributed by atoms with Gasteiger partial charge >= 0.3 is 12.1 Å². The number of hydrogen-bond acceptors (Lipinski definition) is 3. The van der Waals surface area contributed by atoms with E-state index in [1.807, 2.05) is 0 Å². The topological polar surface area (TPSA) is 93.0 Å². The Morgan fingerprint density at radius 3 is 2.43 bits per heavy atom. The van der Waals surface area contributed by atoms with Crippen LogP contribution < -0.4 is 15.5 Å². The van der Waals surface area contributed by atoms with Crippen LogP contribution in [0.4, 0.5) is 28.9 Å². The number of rotatable bonds is 7. The summed E-state index contributed by atoms with van der Waals surface area (Å²) in [6.45, 7) is 3.14. The molecule has 0 atom stereocenters. The van der Waals surface area contributed by atoms with Gasteiger partial charge in [0.1, 0.15) is 17.9 Å². The molecule has 2 aromatic carbocycles. The number of benzene rings is 2. The minimum Gasteiger partial charge on any atom is -0.480 e. The Morgan fingerprint density at radius 2 is 1.86 bits per heavy atom. The molecular weight excluding hydrogens is 508 g/mol. The number of carboxylic acids is 1. The smallest absolute Gasteiger partial charge is 0.417 e. The van der Waals surface area contributed by atoms with Gasteiger partial charge in [-0.3, -0.25) is 0 Å². The van der Waals surface area contributed by atoms with Crippen LogP contribution in [0, 0.1) is 17.1 Å². The molecule has 0 radical (unpaired) electrons. The number of alkyl halides is 3. The van der Waals surface area contributed by atoms with E-state index in [0.29, 0.717) is 18.2 Å². The van der Waals surface area contributed by atoms with E-state index in [2.05, 4.69) is 10.6 Å². The number of nitrogens with one attached hydrogen (secondary N) is 1. The lowest BCUT2D eigenvalue weighted by molar-refractivity contribution is -0.707. The second-order valence-electron chi connectivity index (χ2n) is 9.61. The first-order valence-corrected chi connectivity index (χ1v) is 12.3. The Morgan fingerprint density at radius 1 is 1.19 bits per heavy atom. The van der Waals surface area contributed by atoms with Gasteiger partial charge in [0.05, 0.1) is 23.2 Å². The van der Waals surface area contributed by atoms with Crippen molar-refractivity contribution in [2.45, 2.75) is 70.3 Å². The molecule has 1 aliphatic rings. The summed E-state index contributed by atoms with van der Waals surface area (Å²) in [6.07, 6.45) is 0.942. The Hall–Kier alpha value is -3.23. The minimum atomic E-state index is -4.78. The van der Waals surface area contributed by atoms with Gasteiger partial charge in [0.25, 0.3) is 0 Å². The van der Waals surface area contributed by atoms with Crippen LogP contribution in [0.2, 0.25) is 0 Å². The van der Waals surface area contributed by atoms with Crippen LogP contribution >= 0.6 is 12.2 Å². The average Bonchev–Trinajstić information content (AvgIpc) is 2.83. The van der Waals surface area contributed by atoms with Gasteiger partial charge in [-0.15, -0.1) is 0 Å². The fourth-order valence-electron chi connectivity index (χ4n) is 4.43. The molecule has 6 nitrogen and oxygen atoms in total. The number of quaternary nitrogens is 1. The maximum atomic E-state index is 15.1. The molecule has 2 aromatic rings. The van der Waals surface area contributed by atoms with E-state index in [4.69, 9.17) is 17.5 Å². The molecule has 1 fully saturated rings. The number of hydrogen-bond donors (Lipinski definition) is 3. The summed E-state index contributed by atoms with van der Waals surface area (Å²) in [7, 11) is 0. The van der Waals surface area contributed by atoms with Crippen molar-refractivity contribution < 1.29 is 32.8 Å². The van der Waals surface area contributed by atoms with Crippen LogP contribution in [0.5, 0.6) is 0 Å². The average molecular weight is 538 g/mol. The number of nitriles is 1. The van der Waals surface area contributed by atoms with Crippen LogP contribution in [-0.4, -0.2) is 27.8 Å². The highest BCUT2D eigenvalue weighted by Gasteiger charge is 2.38. The number of halogens is 4. The van der Waals surface area contributed by atoms with Crippen molar-refractivity contribution in [2.24, 2.45) is 0 Å². The Kier molecular flexibility index (Phi) is 8.76. The van der Waals surface area contributed by atoms with E-state index < -0.39 is 34.6 Å². The second kappa shape index (κ2) is 11.4. The minimum absolute atomic E-state index is 0.0957. The molecule has 0 aromatic heterocycles. The molecule has 11 heteroatoms. The molecule has 0 heterocycles. The molecule has 0 saturated heterocycles. The Balaban J connectivity index is 1.89. The van der Waals surface area contributed by atoms with Crippen molar-refractivity contribution in [1.29, 1.82) is 5.26 Å². The summed E-state index contributed by atoms with van der Waals surface area (Å²) in [5.41, 5.74) is -2.89. The summed E-state index contributed by atoms with van der Waals surface area (Å²) < 4.78 is 55.3. The molecule has 0 unspecified atom stereocenters. The summed E-state index contributed by atoms with van der Waals surface area (Å²) in [5, 5.41) is 23.4. The van der Waals surface area contributed by atoms with Gasteiger partial charge in [0, 0.05) is 16.9 Å². The van der Waals surface area contributed by atoms with Gasteiger partial charge in [-0.1, -0.05) is 6.42 Å². The van der Waals surface area contributed by atoms with Gasteiger partial charge < -0.3 is 20.6 Å². The van der Waals surface area contributed by atoms with Gasteiger partial charge in [-0.05, 0) is 88.1 Å². The maximum absolute atomic E-state index is 15.1. The van der Waals surface area contributed by atoms with Crippen LogP contribution in [0.25, 0.3) is 0 Å². The predicted octanol–water partition coefficient (Wildman–Crippen LogP) is 5.18. The lowest BCUT2D eigenvalue weighted by Gasteiger charge is -2.37. The van der Waals surface area contributed by atoms with Crippen molar-refractivity contribution in [3.63, 3.8) is 0 Å². The fourth-order valence-corrected chi connectivity index (χ4v) is 4.88. The number of nitrogens with two attached hydrogens (primary N) is 1. The molecule has 0 amide bonds. The Bertz CT molecular complexity index is 1200. The third-order valence-corrected chi connectivity index (χ3v) is 6.88. The van der Waals surface area contributed by atoms with E-state index >= 15 is 4.39 Å². The van der Waals surface area contributed by atoms with Gasteiger partial charge in [-0.2, -0.15) is 18.4 Å². The van der Waals surface area contributed by atoms with Crippen LogP contribution in [0.1, 0.15) is 62.6 Å². The van der Waals surface area contributed by atoms with Crippen molar-refractivity contribution in [1.82, 2.24) is 0 Å². The zero-order valence-electron chi connectivity index (χ0n) is 20.5. The first-order valence-electron chi connectivity index (χ1n) is 11.9. The lowest BCUT2D eigenvalue weighted by Crippen LogP contribution is -2.88. The number of carboxylic acid groups (broad SMARTS) is 1. The molecule has 4 N–H and O–H groups in total. The highest BCUT2D eigenvalue weighted by atomic mass is 32.1. The molecule has 0 bridgehead atoms. The summed E-state index contributed by atoms with van der Waals surface area (Å²) in [6, 6.07) is 9.20. The molecular formula is C26H29F4N4O2S+. The molecule has 1 saturated carbocycles. The van der Waals surface area contributed by atoms with E-state index in [9.17, 15) is 23.1 Å². The summed E-state index contributed by atoms with van der Waals surface area (Å²) >= 11 is 5.39. The van der Waals surface area contributed by atoms with Crippen molar-refractivity contribution in [3.05, 3.63) is 58.9 Å². The number of anilines is 2. The summed E-state index contributed by atoms with van der Waals surface area (Å²) in [5.74, 6) is -1.81. The largest absolute Gasteiger partial charge is 0.480 e. The number of thiocarbonyl (C=S) groups is 1. The van der Waals surface area contributed by atoms with Crippen LogP contribution in [-0.2, 0) is 17.5 Å². The second-order valence-corrected chi connectivity index (χ2v) is 10.00. The maximum Gasteiger partial charge on any atom is 0.417 e. The normalized spacial score (nSPS) is 14.6. The SMILES string of the molecule is CC(C)(C(=O)O)N(C(=S)Nc1ccc(C#N)c(C(F)(F)F)c1)c1ccc(C[NH2+]C2CCCCC2)c(F)c1. The van der Waals surface area contributed by atoms with Crippen LogP contribution in [0.3, 0.4) is 0 Å². The number of nitrogens with zero attached hydrogens (tertiary/aromatic N) is 2. The van der Waals surface area contributed by atoms with E-state index in [1.54, 1.807) is 12.1 Å². The van der Waals surface area contributed by atoms with Gasteiger partial charge in [0.2, 0.25) is 0 Å². The highest BCUT2D eigenvalue weighted by molar-refractivity contribution is 7.80. The molecule has 198 valence electrons. The van der Waals surface area contributed by atoms with Crippen molar-refractivity contribution in [3.8, 4) is 6.07 Å². The van der Waals surface area contributed by atoms with E-state index in [1.165, 1.54) is 38.5 Å². The number of aliphatic carboxylic acids is 1. The van der Waals surface area contributed by atoms with E-state index in [0.717, 1.165) is 42.7 Å². The summed E-state index contributed by atoms with van der Waals surface area (Å²) in [4.78, 5) is 13.2. The molecule has 37 heavy (non-hydrogen) atoms. The molecule has 0 aliphatic heterocycles. The molecule has 0 spiro atoms. The fraction of sp³-hybridized carbons (Fsp3) is 0.423. The third-order valence-electron chi connectivity index (χ3n) is 6.60. The zero-order valence-corrected chi connectivity index (χ0v) is 21.3. The zero-order chi connectivity index (χ0) is 27.4. The monoisotopic (exact) mass is 537 g/mol. The number of carbonyl (C=O) groups is 1. The van der Waals surface area contributed by atoms with Crippen LogP contribution in [0.15, 0.2) is 36.4 Å². The molecule has 1 aliphatic carbocycles. The van der Waals surface area contributed by atoms with Crippen molar-refractivity contribution >= 4 is 34.7 Å². The quantitative estimate of drug-likeness (QED) is 0.333. The standard InChI is InChI=1S/C26H28F4N4O2S/c1-25(2,23(35)36)34(24(37)33-19-10-8-16(14-31)21(12-19)26(28,29)30)20-11-9-17(22(27)13-20)15-32-18-6-4-3-5-7-18/h8-13,18,32H,3-7,15H2,1-2H3,(H,33,37)(H,35,36)/p+1. The Labute approximate surface area is 218 Å². The lowest BCUT2D eigenvalue weighted by atomic mass is 9.95.